The standard InChI is InChI=1S/C12H20N4O/c1-2-8-17-10(3-1)5-7-16-12-4-6-13-9-11(12)14-15-16/h10,13H,1-9H2. The van der Waals surface area contributed by atoms with Gasteiger partial charge in [0.15, 0.2) is 0 Å². The summed E-state index contributed by atoms with van der Waals surface area (Å²) in [6.45, 7) is 3.80. The molecule has 1 unspecified atom stereocenters. The van der Waals surface area contributed by atoms with Crippen molar-refractivity contribution in [3.63, 3.8) is 0 Å². The normalized spacial score (nSPS) is 24.6. The highest BCUT2D eigenvalue weighted by Gasteiger charge is 2.18. The molecule has 0 radical (unpaired) electrons. The van der Waals surface area contributed by atoms with Crippen molar-refractivity contribution in [2.45, 2.75) is 51.3 Å². The molecule has 0 amide bonds. The second-order valence-corrected chi connectivity index (χ2v) is 4.91. The van der Waals surface area contributed by atoms with E-state index >= 15 is 0 Å². The fourth-order valence-electron chi connectivity index (χ4n) is 2.67. The Balaban J connectivity index is 1.59. The maximum absolute atomic E-state index is 5.75. The van der Waals surface area contributed by atoms with Crippen molar-refractivity contribution < 1.29 is 4.74 Å². The average Bonchev–Trinajstić information content (AvgIpc) is 2.81. The third kappa shape index (κ3) is 2.50. The van der Waals surface area contributed by atoms with Gasteiger partial charge in [-0.2, -0.15) is 0 Å². The molecule has 17 heavy (non-hydrogen) atoms. The zero-order chi connectivity index (χ0) is 11.5. The second-order valence-electron chi connectivity index (χ2n) is 4.91. The van der Waals surface area contributed by atoms with Crippen LogP contribution in [0.1, 0.15) is 37.1 Å². The van der Waals surface area contributed by atoms with Crippen LogP contribution in [-0.4, -0.2) is 34.2 Å². The number of rotatable bonds is 3. The SMILES string of the molecule is C1CCC(CCn2nnc3c2CCNC3)OC1. The van der Waals surface area contributed by atoms with Crippen molar-refractivity contribution in [1.82, 2.24) is 20.3 Å². The quantitative estimate of drug-likeness (QED) is 0.846. The van der Waals surface area contributed by atoms with Crippen LogP contribution in [0.5, 0.6) is 0 Å². The van der Waals surface area contributed by atoms with Crippen LogP contribution in [-0.2, 0) is 24.2 Å². The van der Waals surface area contributed by atoms with Gasteiger partial charge < -0.3 is 10.1 Å². The number of fused-ring (bicyclic) bond motifs is 1. The molecule has 0 aromatic carbocycles. The predicted molar refractivity (Wildman–Crippen MR) is 63.6 cm³/mol. The zero-order valence-corrected chi connectivity index (χ0v) is 10.2. The third-order valence-corrected chi connectivity index (χ3v) is 3.69. The first kappa shape index (κ1) is 11.2. The Labute approximate surface area is 102 Å². The first-order valence-corrected chi connectivity index (χ1v) is 6.67. The second kappa shape index (κ2) is 5.14. The van der Waals surface area contributed by atoms with Gasteiger partial charge in [-0.3, -0.25) is 0 Å². The minimum absolute atomic E-state index is 0.435. The van der Waals surface area contributed by atoms with E-state index in [1.807, 2.05) is 0 Å². The highest BCUT2D eigenvalue weighted by atomic mass is 16.5. The molecule has 1 fully saturated rings. The number of aromatic nitrogens is 3. The highest BCUT2D eigenvalue weighted by Crippen LogP contribution is 2.17. The maximum Gasteiger partial charge on any atom is 0.0997 e. The fourth-order valence-corrected chi connectivity index (χ4v) is 2.67. The van der Waals surface area contributed by atoms with Gasteiger partial charge in [0.1, 0.15) is 0 Å². The first-order valence-electron chi connectivity index (χ1n) is 6.67. The molecule has 1 N–H and O–H groups in total. The molecule has 2 aliphatic heterocycles. The molecule has 5 heteroatoms. The Hall–Kier alpha value is -0.940. The zero-order valence-electron chi connectivity index (χ0n) is 10.2. The smallest absolute Gasteiger partial charge is 0.0997 e. The molecule has 5 nitrogen and oxygen atoms in total. The van der Waals surface area contributed by atoms with Gasteiger partial charge in [0.25, 0.3) is 0 Å². The molecule has 2 aliphatic rings. The summed E-state index contributed by atoms with van der Waals surface area (Å²) in [7, 11) is 0. The molecule has 1 saturated heterocycles. The van der Waals surface area contributed by atoms with Crippen molar-refractivity contribution in [3.05, 3.63) is 11.4 Å². The van der Waals surface area contributed by atoms with Crippen LogP contribution in [0.15, 0.2) is 0 Å². The Morgan fingerprint density at radius 1 is 1.41 bits per heavy atom. The molecule has 1 aromatic rings. The van der Waals surface area contributed by atoms with Crippen molar-refractivity contribution in [2.75, 3.05) is 13.2 Å². The van der Waals surface area contributed by atoms with Gasteiger partial charge >= 0.3 is 0 Å². The lowest BCUT2D eigenvalue weighted by molar-refractivity contribution is 0.00808. The van der Waals surface area contributed by atoms with E-state index in [0.717, 1.165) is 44.8 Å². The Bertz CT molecular complexity index is 371. The largest absolute Gasteiger partial charge is 0.378 e. The average molecular weight is 236 g/mol. The van der Waals surface area contributed by atoms with E-state index in [-0.39, 0.29) is 0 Å². The van der Waals surface area contributed by atoms with E-state index in [0.29, 0.717) is 6.10 Å². The molecule has 0 bridgehead atoms. The minimum Gasteiger partial charge on any atom is -0.378 e. The van der Waals surface area contributed by atoms with E-state index in [1.54, 1.807) is 0 Å². The molecular weight excluding hydrogens is 216 g/mol. The molecular formula is C12H20N4O. The van der Waals surface area contributed by atoms with E-state index in [2.05, 4.69) is 20.3 Å². The monoisotopic (exact) mass is 236 g/mol. The molecule has 94 valence electrons. The van der Waals surface area contributed by atoms with E-state index in [9.17, 15) is 0 Å². The van der Waals surface area contributed by atoms with Crippen molar-refractivity contribution in [1.29, 1.82) is 0 Å². The van der Waals surface area contributed by atoms with E-state index in [4.69, 9.17) is 4.74 Å². The van der Waals surface area contributed by atoms with Crippen LogP contribution >= 0.6 is 0 Å². The van der Waals surface area contributed by atoms with Gasteiger partial charge in [0.05, 0.1) is 17.5 Å². The van der Waals surface area contributed by atoms with Crippen molar-refractivity contribution in [3.8, 4) is 0 Å². The maximum atomic E-state index is 5.75. The van der Waals surface area contributed by atoms with E-state index < -0.39 is 0 Å². The van der Waals surface area contributed by atoms with E-state index in [1.165, 1.54) is 25.0 Å². The number of hydrogen-bond acceptors (Lipinski definition) is 4. The Morgan fingerprint density at radius 2 is 2.41 bits per heavy atom. The van der Waals surface area contributed by atoms with Crippen LogP contribution in [0, 0.1) is 0 Å². The van der Waals surface area contributed by atoms with Crippen LogP contribution < -0.4 is 5.32 Å². The van der Waals surface area contributed by atoms with Crippen molar-refractivity contribution in [2.24, 2.45) is 0 Å². The number of hydrogen-bond donors (Lipinski definition) is 1. The lowest BCUT2D eigenvalue weighted by Crippen LogP contribution is -2.26. The summed E-state index contributed by atoms with van der Waals surface area (Å²) in [5, 5.41) is 11.8. The van der Waals surface area contributed by atoms with Gasteiger partial charge in [0, 0.05) is 32.7 Å². The third-order valence-electron chi connectivity index (χ3n) is 3.69. The van der Waals surface area contributed by atoms with Gasteiger partial charge in [-0.25, -0.2) is 4.68 Å². The first-order chi connectivity index (χ1) is 8.43. The number of ether oxygens (including phenoxy) is 1. The Morgan fingerprint density at radius 3 is 3.29 bits per heavy atom. The molecule has 3 rings (SSSR count). The number of nitrogens with zero attached hydrogens (tertiary/aromatic N) is 3. The summed E-state index contributed by atoms with van der Waals surface area (Å²) >= 11 is 0. The Kier molecular flexibility index (Phi) is 3.38. The van der Waals surface area contributed by atoms with Gasteiger partial charge in [-0.05, 0) is 25.7 Å². The summed E-state index contributed by atoms with van der Waals surface area (Å²) < 4.78 is 7.82. The van der Waals surface area contributed by atoms with Crippen molar-refractivity contribution >= 4 is 0 Å². The summed E-state index contributed by atoms with van der Waals surface area (Å²) in [5.41, 5.74) is 2.44. The molecule has 1 atom stereocenters. The lowest BCUT2D eigenvalue weighted by Gasteiger charge is -2.22. The lowest BCUT2D eigenvalue weighted by atomic mass is 10.1. The summed E-state index contributed by atoms with van der Waals surface area (Å²) in [6.07, 6.45) is 6.30. The highest BCUT2D eigenvalue weighted by molar-refractivity contribution is 5.13. The molecule has 0 saturated carbocycles. The molecule has 3 heterocycles. The van der Waals surface area contributed by atoms with Crippen LogP contribution in [0.4, 0.5) is 0 Å². The molecule has 0 aliphatic carbocycles. The predicted octanol–water partition coefficient (Wildman–Crippen LogP) is 0.883. The topological polar surface area (TPSA) is 52.0 Å². The summed E-state index contributed by atoms with van der Waals surface area (Å²) in [6, 6.07) is 0. The van der Waals surface area contributed by atoms with Crippen LogP contribution in [0.3, 0.4) is 0 Å². The fraction of sp³-hybridized carbons (Fsp3) is 0.833. The number of aryl methyl sites for hydroxylation is 1. The minimum atomic E-state index is 0.435. The van der Waals surface area contributed by atoms with Gasteiger partial charge in [-0.15, -0.1) is 5.10 Å². The summed E-state index contributed by atoms with van der Waals surface area (Å²) in [4.78, 5) is 0. The number of nitrogens with one attached hydrogen (secondary N) is 1. The molecule has 1 aromatic heterocycles. The van der Waals surface area contributed by atoms with Crippen LogP contribution in [0.25, 0.3) is 0 Å². The summed E-state index contributed by atoms with van der Waals surface area (Å²) in [5.74, 6) is 0. The molecule has 0 spiro atoms. The van der Waals surface area contributed by atoms with Gasteiger partial charge in [0.2, 0.25) is 0 Å². The van der Waals surface area contributed by atoms with Gasteiger partial charge in [-0.1, -0.05) is 5.21 Å². The van der Waals surface area contributed by atoms with Crippen LogP contribution in [0.2, 0.25) is 0 Å².